The number of hydrogen-bond donors (Lipinski definition) is 6. The van der Waals surface area contributed by atoms with Gasteiger partial charge in [0.15, 0.2) is 0 Å². The number of nitrogens with two attached hydrogens (primary N) is 3. The van der Waals surface area contributed by atoms with E-state index in [0.29, 0.717) is 30.3 Å². The minimum absolute atomic E-state index is 0.224. The molecule has 1 aliphatic rings. The molecule has 1 fully saturated rings. The lowest BCUT2D eigenvalue weighted by Crippen LogP contribution is -2.37. The highest BCUT2D eigenvalue weighted by atomic mass is 16.5. The Balaban J connectivity index is 1.94. The van der Waals surface area contributed by atoms with E-state index in [9.17, 15) is 9.59 Å². The van der Waals surface area contributed by atoms with Crippen LogP contribution in [0.15, 0.2) is 36.2 Å². The predicted molar refractivity (Wildman–Crippen MR) is 96.9 cm³/mol. The minimum atomic E-state index is -0.906. The zero-order valence-electron chi connectivity index (χ0n) is 14.5. The van der Waals surface area contributed by atoms with E-state index in [-0.39, 0.29) is 6.54 Å². The fourth-order valence-electron chi connectivity index (χ4n) is 2.54. The maximum absolute atomic E-state index is 12.3. The maximum atomic E-state index is 12.3. The molecule has 1 unspecified atom stereocenters. The lowest BCUT2D eigenvalue weighted by atomic mass is 10.0. The van der Waals surface area contributed by atoms with Crippen molar-refractivity contribution in [2.45, 2.75) is 25.8 Å². The van der Waals surface area contributed by atoms with Crippen molar-refractivity contribution in [2.75, 3.05) is 11.9 Å². The molecule has 0 aromatic heterocycles. The lowest BCUT2D eigenvalue weighted by Gasteiger charge is -2.16. The quantitative estimate of drug-likeness (QED) is 0.156. The van der Waals surface area contributed by atoms with Crippen molar-refractivity contribution >= 4 is 17.5 Å². The lowest BCUT2D eigenvalue weighted by molar-refractivity contribution is -0.139. The molecular formula is C17H26N6O3. The molecule has 2 rings (SSSR count). The van der Waals surface area contributed by atoms with Crippen molar-refractivity contribution < 1.29 is 14.8 Å². The monoisotopic (exact) mass is 362 g/mol. The molecule has 1 saturated carbocycles. The minimum Gasteiger partial charge on any atom is -0.400 e. The number of anilines is 1. The smallest absolute Gasteiger partial charge is 0.255 e. The standard InChI is InChI=1S/C17H26N6O3/c18-8-13(19)10-23(20)9-12-3-5-14(6-4-12)21-16(24)15(17(25)22-26)7-11-1-2-11/h3-6,10-11,15,26H,1-2,7-9,18-20H2,(H,21,24)(H,22,25)/b13-10-. The Labute approximate surface area is 152 Å². The van der Waals surface area contributed by atoms with Gasteiger partial charge in [0.2, 0.25) is 5.91 Å². The second-order valence-corrected chi connectivity index (χ2v) is 6.47. The number of nitrogens with zero attached hydrogens (tertiary/aromatic N) is 1. The van der Waals surface area contributed by atoms with Crippen molar-refractivity contribution in [3.8, 4) is 0 Å². The summed E-state index contributed by atoms with van der Waals surface area (Å²) in [6, 6.07) is 7.07. The Morgan fingerprint density at radius 2 is 1.92 bits per heavy atom. The molecule has 26 heavy (non-hydrogen) atoms. The van der Waals surface area contributed by atoms with Crippen LogP contribution in [0.25, 0.3) is 0 Å². The summed E-state index contributed by atoms with van der Waals surface area (Å²) in [4.78, 5) is 24.1. The molecular weight excluding hydrogens is 336 g/mol. The highest BCUT2D eigenvalue weighted by Crippen LogP contribution is 2.35. The van der Waals surface area contributed by atoms with Crippen LogP contribution in [0.1, 0.15) is 24.8 Å². The fourth-order valence-corrected chi connectivity index (χ4v) is 2.54. The van der Waals surface area contributed by atoms with Gasteiger partial charge in [0.05, 0.1) is 6.54 Å². The third-order valence-electron chi connectivity index (χ3n) is 4.16. The van der Waals surface area contributed by atoms with Crippen molar-refractivity contribution in [2.24, 2.45) is 29.1 Å². The SMILES string of the molecule is NC/C(N)=C/N(N)Cc1ccc(NC(=O)C(CC2CC2)C(=O)NO)cc1. The summed E-state index contributed by atoms with van der Waals surface area (Å²) in [6.07, 6.45) is 4.02. The van der Waals surface area contributed by atoms with Gasteiger partial charge in [-0.25, -0.2) is 11.3 Å². The maximum Gasteiger partial charge on any atom is 0.255 e. The van der Waals surface area contributed by atoms with E-state index in [1.54, 1.807) is 23.8 Å². The number of hydrazine groups is 1. The molecule has 0 bridgehead atoms. The van der Waals surface area contributed by atoms with Crippen molar-refractivity contribution in [3.05, 3.63) is 41.7 Å². The molecule has 0 heterocycles. The Morgan fingerprint density at radius 1 is 1.27 bits per heavy atom. The fraction of sp³-hybridized carbons (Fsp3) is 0.412. The molecule has 1 aromatic carbocycles. The second-order valence-electron chi connectivity index (χ2n) is 6.47. The molecule has 1 aromatic rings. The number of benzene rings is 1. The van der Waals surface area contributed by atoms with Crippen LogP contribution in [-0.4, -0.2) is 28.6 Å². The van der Waals surface area contributed by atoms with Crippen LogP contribution in [0.2, 0.25) is 0 Å². The number of nitrogens with one attached hydrogen (secondary N) is 2. The van der Waals surface area contributed by atoms with Crippen LogP contribution < -0.4 is 28.1 Å². The van der Waals surface area contributed by atoms with Gasteiger partial charge in [-0.1, -0.05) is 25.0 Å². The molecule has 9 nitrogen and oxygen atoms in total. The van der Waals surface area contributed by atoms with Crippen molar-refractivity contribution in [3.63, 3.8) is 0 Å². The molecule has 0 aliphatic heterocycles. The van der Waals surface area contributed by atoms with Gasteiger partial charge >= 0.3 is 0 Å². The van der Waals surface area contributed by atoms with Crippen LogP contribution in [-0.2, 0) is 16.1 Å². The number of rotatable bonds is 9. The van der Waals surface area contributed by atoms with E-state index in [1.807, 2.05) is 12.1 Å². The summed E-state index contributed by atoms with van der Waals surface area (Å²) in [7, 11) is 0. The first-order valence-corrected chi connectivity index (χ1v) is 8.44. The number of carbonyl (C=O) groups is 2. The first kappa shape index (κ1) is 19.7. The number of hydrogen-bond acceptors (Lipinski definition) is 7. The zero-order chi connectivity index (χ0) is 19.1. The molecule has 0 spiro atoms. The summed E-state index contributed by atoms with van der Waals surface area (Å²) < 4.78 is 0. The Morgan fingerprint density at radius 3 is 2.46 bits per heavy atom. The van der Waals surface area contributed by atoms with E-state index < -0.39 is 17.7 Å². The second kappa shape index (κ2) is 9.18. The summed E-state index contributed by atoms with van der Waals surface area (Å²) in [5, 5.41) is 13.0. The van der Waals surface area contributed by atoms with E-state index >= 15 is 0 Å². The Bertz CT molecular complexity index is 657. The molecule has 142 valence electrons. The van der Waals surface area contributed by atoms with Crippen LogP contribution in [0.4, 0.5) is 5.69 Å². The van der Waals surface area contributed by atoms with Crippen LogP contribution in [0, 0.1) is 11.8 Å². The Kier molecular flexibility index (Phi) is 6.96. The van der Waals surface area contributed by atoms with Crippen molar-refractivity contribution in [1.29, 1.82) is 0 Å². The van der Waals surface area contributed by atoms with E-state index in [0.717, 1.165) is 18.4 Å². The molecule has 1 aliphatic carbocycles. The molecule has 0 saturated heterocycles. The molecule has 9 heteroatoms. The highest BCUT2D eigenvalue weighted by molar-refractivity contribution is 6.06. The molecule has 9 N–H and O–H groups in total. The average molecular weight is 362 g/mol. The van der Waals surface area contributed by atoms with Gasteiger partial charge in [0.1, 0.15) is 5.92 Å². The van der Waals surface area contributed by atoms with E-state index in [1.165, 1.54) is 5.01 Å². The first-order chi connectivity index (χ1) is 12.4. The van der Waals surface area contributed by atoms with Gasteiger partial charge in [-0.2, -0.15) is 0 Å². The summed E-state index contributed by atoms with van der Waals surface area (Å²) in [5.74, 6) is 4.17. The number of carbonyl (C=O) groups excluding carboxylic acids is 2. The van der Waals surface area contributed by atoms with Gasteiger partial charge in [-0.05, 0) is 30.0 Å². The third kappa shape index (κ3) is 6.03. The van der Waals surface area contributed by atoms with E-state index in [4.69, 9.17) is 22.5 Å². The average Bonchev–Trinajstić information content (AvgIpc) is 3.44. The van der Waals surface area contributed by atoms with Crippen molar-refractivity contribution in [1.82, 2.24) is 10.5 Å². The largest absolute Gasteiger partial charge is 0.400 e. The summed E-state index contributed by atoms with van der Waals surface area (Å²) in [6.45, 7) is 0.647. The summed E-state index contributed by atoms with van der Waals surface area (Å²) >= 11 is 0. The van der Waals surface area contributed by atoms with Gasteiger partial charge < -0.3 is 21.8 Å². The number of amides is 2. The van der Waals surface area contributed by atoms with Gasteiger partial charge in [-0.15, -0.1) is 0 Å². The predicted octanol–water partition coefficient (Wildman–Crippen LogP) is -0.0187. The first-order valence-electron chi connectivity index (χ1n) is 8.44. The Hall–Kier alpha value is -2.62. The third-order valence-corrected chi connectivity index (χ3v) is 4.16. The van der Waals surface area contributed by atoms with Crippen LogP contribution in [0.3, 0.4) is 0 Å². The highest BCUT2D eigenvalue weighted by Gasteiger charge is 2.33. The van der Waals surface area contributed by atoms with Crippen LogP contribution in [0.5, 0.6) is 0 Å². The number of hydroxylamine groups is 1. The van der Waals surface area contributed by atoms with Gasteiger partial charge in [0.25, 0.3) is 5.91 Å². The summed E-state index contributed by atoms with van der Waals surface area (Å²) in [5.41, 5.74) is 14.6. The molecule has 2 amide bonds. The molecule has 0 radical (unpaired) electrons. The van der Waals surface area contributed by atoms with E-state index in [2.05, 4.69) is 5.32 Å². The normalized spacial score (nSPS) is 15.3. The van der Waals surface area contributed by atoms with Gasteiger partial charge in [-0.3, -0.25) is 14.8 Å². The topological polar surface area (TPSA) is 160 Å². The zero-order valence-corrected chi connectivity index (χ0v) is 14.5. The van der Waals surface area contributed by atoms with Gasteiger partial charge in [0, 0.05) is 24.1 Å². The molecule has 1 atom stereocenters. The van der Waals surface area contributed by atoms with Crippen LogP contribution >= 0.6 is 0 Å².